The largest absolute Gasteiger partial charge is 1.00 e. The van der Waals surface area contributed by atoms with Crippen molar-refractivity contribution >= 4 is 8.07 Å². The molecule has 0 atom stereocenters. The second-order valence-electron chi connectivity index (χ2n) is 7.35. The summed E-state index contributed by atoms with van der Waals surface area (Å²) in [5, 5.41) is 3.69. The van der Waals surface area contributed by atoms with E-state index < -0.39 is 31.3 Å². The van der Waals surface area contributed by atoms with E-state index in [2.05, 4.69) is 48.1 Å². The summed E-state index contributed by atoms with van der Waals surface area (Å²) in [5.41, 5.74) is 7.73. The average molecular weight is 433 g/mol. The Hall–Kier alpha value is 0.640. The maximum Gasteiger partial charge on any atom is -1.00 e. The van der Waals surface area contributed by atoms with Gasteiger partial charge in [0.2, 0.25) is 0 Å². The zero-order valence-electron chi connectivity index (χ0n) is 14.7. The van der Waals surface area contributed by atoms with E-state index in [1.807, 2.05) is 17.0 Å². The van der Waals surface area contributed by atoms with Crippen LogP contribution >= 0.6 is 0 Å². The maximum absolute atomic E-state index is 2.66. The van der Waals surface area contributed by atoms with Crippen LogP contribution in [-0.4, -0.2) is 8.07 Å². The Bertz CT molecular complexity index is 587. The van der Waals surface area contributed by atoms with Crippen LogP contribution in [0.25, 0.3) is 0 Å². The van der Waals surface area contributed by atoms with Gasteiger partial charge in [-0.15, -0.1) is 0 Å². The van der Waals surface area contributed by atoms with Crippen LogP contribution in [0.15, 0.2) is 39.2 Å². The molecule has 0 saturated heterocycles. The molecule has 0 N–H and O–H groups in total. The third-order valence-electron chi connectivity index (χ3n) is 5.89. The van der Waals surface area contributed by atoms with Gasteiger partial charge in [-0.3, -0.25) is 0 Å². The third kappa shape index (κ3) is 2.67. The molecule has 22 heavy (non-hydrogen) atoms. The quantitative estimate of drug-likeness (QED) is 0.497. The second kappa shape index (κ2) is 6.87. The fourth-order valence-corrected chi connectivity index (χ4v) is 14.7. The minimum absolute atomic E-state index is 0. The summed E-state index contributed by atoms with van der Waals surface area (Å²) in [6.07, 6.45) is 2.65. The van der Waals surface area contributed by atoms with Crippen LogP contribution in [-0.2, 0) is 23.2 Å². The second-order valence-corrected chi connectivity index (χ2v) is 15.5. The Morgan fingerprint density at radius 1 is 0.818 bits per heavy atom. The molecule has 0 spiro atoms. The van der Waals surface area contributed by atoms with Crippen molar-refractivity contribution in [3.63, 3.8) is 0 Å². The number of rotatable bonds is 1. The van der Waals surface area contributed by atoms with Gasteiger partial charge in [-0.2, -0.15) is 0 Å². The predicted octanol–water partition coefficient (Wildman–Crippen LogP) is -0.354. The molecule has 120 valence electrons. The van der Waals surface area contributed by atoms with Gasteiger partial charge in [-0.25, -0.2) is 0 Å². The van der Waals surface area contributed by atoms with Crippen molar-refractivity contribution in [2.45, 2.75) is 66.5 Å². The molecule has 1 aliphatic heterocycles. The first-order chi connectivity index (χ1) is 9.28. The molecule has 0 radical (unpaired) electrons. The van der Waals surface area contributed by atoms with Crippen molar-refractivity contribution in [3.8, 4) is 0 Å². The van der Waals surface area contributed by atoms with Gasteiger partial charge in [-0.1, -0.05) is 0 Å². The van der Waals surface area contributed by atoms with Crippen molar-refractivity contribution < 1.29 is 48.0 Å². The van der Waals surface area contributed by atoms with E-state index in [0.717, 1.165) is 5.54 Å². The SMILES string of the molecule is CC1=C2C(C)=[C](C1)[Zr+2][C]1=C(C)C(=C(C)C1)[Si]2(C)C(C)C.[Cl-].[Cl-]. The van der Waals surface area contributed by atoms with Gasteiger partial charge >= 0.3 is 137 Å². The first-order valence-corrected chi connectivity index (χ1v) is 12.9. The van der Waals surface area contributed by atoms with Crippen LogP contribution in [0.4, 0.5) is 0 Å². The summed E-state index contributed by atoms with van der Waals surface area (Å²) in [6.45, 7) is 17.4. The van der Waals surface area contributed by atoms with Crippen LogP contribution in [0.2, 0.25) is 12.1 Å². The fraction of sp³-hybridized carbons (Fsp3) is 0.556. The summed E-state index contributed by atoms with van der Waals surface area (Å²) < 4.78 is 3.78. The molecule has 0 amide bonds. The minimum atomic E-state index is -1.55. The topological polar surface area (TPSA) is 0 Å². The van der Waals surface area contributed by atoms with Gasteiger partial charge < -0.3 is 24.8 Å². The molecule has 2 aliphatic carbocycles. The van der Waals surface area contributed by atoms with Gasteiger partial charge in [0.1, 0.15) is 0 Å². The Kier molecular flexibility index (Phi) is 6.46. The zero-order chi connectivity index (χ0) is 14.8. The maximum atomic E-state index is 2.66. The van der Waals surface area contributed by atoms with E-state index in [1.54, 1.807) is 22.3 Å². The summed E-state index contributed by atoms with van der Waals surface area (Å²) in [5.74, 6) is 0. The third-order valence-corrected chi connectivity index (χ3v) is 16.1. The average Bonchev–Trinajstić information content (AvgIpc) is 2.79. The van der Waals surface area contributed by atoms with Crippen molar-refractivity contribution in [2.75, 3.05) is 0 Å². The summed E-state index contributed by atoms with van der Waals surface area (Å²) in [4.78, 5) is 0. The van der Waals surface area contributed by atoms with Crippen LogP contribution in [0, 0.1) is 0 Å². The molecule has 0 aromatic carbocycles. The smallest absolute Gasteiger partial charge is 1.00 e. The van der Waals surface area contributed by atoms with Crippen LogP contribution in [0.3, 0.4) is 0 Å². The number of fused-ring (bicyclic) bond motifs is 2. The Morgan fingerprint density at radius 3 is 1.50 bits per heavy atom. The number of hydrogen-bond donors (Lipinski definition) is 0. The first kappa shape index (κ1) is 20.7. The number of hydrogen-bond acceptors (Lipinski definition) is 0. The molecule has 0 nitrogen and oxygen atoms in total. The molecule has 3 rings (SSSR count). The summed E-state index contributed by atoms with van der Waals surface area (Å²) in [6, 6.07) is 0. The Morgan fingerprint density at radius 2 is 1.18 bits per heavy atom. The number of halogens is 2. The summed E-state index contributed by atoms with van der Waals surface area (Å²) in [7, 11) is -1.55. The predicted molar refractivity (Wildman–Crippen MR) is 86.8 cm³/mol. The molecule has 0 aromatic heterocycles. The van der Waals surface area contributed by atoms with Crippen molar-refractivity contribution in [3.05, 3.63) is 39.2 Å². The molecular formula is C18H26Cl2SiZr. The van der Waals surface area contributed by atoms with Gasteiger partial charge in [0.25, 0.3) is 0 Å². The Balaban J connectivity index is 0.00000121. The molecule has 0 fully saturated rings. The van der Waals surface area contributed by atoms with E-state index >= 15 is 0 Å². The van der Waals surface area contributed by atoms with Gasteiger partial charge in [0.05, 0.1) is 0 Å². The van der Waals surface area contributed by atoms with Crippen molar-refractivity contribution in [1.29, 1.82) is 0 Å². The van der Waals surface area contributed by atoms with Gasteiger partial charge in [0.15, 0.2) is 0 Å². The molecule has 0 saturated carbocycles. The Labute approximate surface area is 161 Å². The van der Waals surface area contributed by atoms with Crippen LogP contribution in [0.5, 0.6) is 0 Å². The first-order valence-electron chi connectivity index (χ1n) is 7.86. The van der Waals surface area contributed by atoms with Gasteiger partial charge in [0, 0.05) is 0 Å². The van der Waals surface area contributed by atoms with E-state index in [9.17, 15) is 0 Å². The van der Waals surface area contributed by atoms with Crippen LogP contribution in [0.1, 0.15) is 54.4 Å². The molecule has 4 bridgehead atoms. The monoisotopic (exact) mass is 430 g/mol. The van der Waals surface area contributed by atoms with Crippen molar-refractivity contribution in [2.24, 2.45) is 0 Å². The minimum Gasteiger partial charge on any atom is -1.00 e. The standard InChI is InChI=1S/C18H26Si.2ClH.Zr/c1-12(2)19(7,17-13(3)8-9-14(17)4)18-15(5)10-11-16(18)6;;;/h12H,8,10H2,1-7H3;2*1H;/q;;;+2/p-2. The molecule has 0 unspecified atom stereocenters. The van der Waals surface area contributed by atoms with Gasteiger partial charge in [-0.05, 0) is 0 Å². The molecule has 0 aromatic rings. The molecule has 1 heterocycles. The molecule has 4 heteroatoms. The zero-order valence-corrected chi connectivity index (χ0v) is 19.7. The van der Waals surface area contributed by atoms with Crippen LogP contribution < -0.4 is 24.8 Å². The molecular weight excluding hydrogens is 406 g/mol. The van der Waals surface area contributed by atoms with E-state index in [-0.39, 0.29) is 24.8 Å². The van der Waals surface area contributed by atoms with E-state index in [0.29, 0.717) is 0 Å². The summed E-state index contributed by atoms with van der Waals surface area (Å²) >= 11 is -0.486. The molecule has 3 aliphatic rings. The van der Waals surface area contributed by atoms with Crippen molar-refractivity contribution in [1.82, 2.24) is 0 Å². The van der Waals surface area contributed by atoms with E-state index in [1.165, 1.54) is 12.8 Å². The number of allylic oxidation sites excluding steroid dienone is 8. The normalized spacial score (nSPS) is 22.2. The van der Waals surface area contributed by atoms with E-state index in [4.69, 9.17) is 0 Å². The fourth-order valence-electron chi connectivity index (χ4n) is 4.74.